The number of oxazole rings is 1. The molecule has 0 fully saturated rings. The van der Waals surface area contributed by atoms with Crippen LogP contribution in [0.25, 0.3) is 22.1 Å². The van der Waals surface area contributed by atoms with Crippen molar-refractivity contribution < 1.29 is 13.2 Å². The lowest BCUT2D eigenvalue weighted by Gasteiger charge is -2.18. The third-order valence-electron chi connectivity index (χ3n) is 4.23. The Balaban J connectivity index is 1.65. The zero-order valence-corrected chi connectivity index (χ0v) is 14.8. The highest BCUT2D eigenvalue weighted by Gasteiger charge is 2.19. The Morgan fingerprint density at radius 2 is 1.81 bits per heavy atom. The van der Waals surface area contributed by atoms with Gasteiger partial charge < -0.3 is 4.42 Å². The minimum absolute atomic E-state index is 0.250. The summed E-state index contributed by atoms with van der Waals surface area (Å²) in [6.45, 7) is -1.99. The van der Waals surface area contributed by atoms with Gasteiger partial charge >= 0.3 is 6.55 Å². The molecule has 0 saturated heterocycles. The number of hydrogen-bond acceptors (Lipinski definition) is 4. The van der Waals surface area contributed by atoms with Crippen LogP contribution in [-0.4, -0.2) is 26.1 Å². The molecule has 0 N–H and O–H groups in total. The van der Waals surface area contributed by atoms with Gasteiger partial charge in [-0.25, -0.2) is 4.98 Å². The third-order valence-corrected chi connectivity index (χ3v) is 4.54. The van der Waals surface area contributed by atoms with Gasteiger partial charge in [-0.1, -0.05) is 24.3 Å². The van der Waals surface area contributed by atoms with Crippen LogP contribution >= 0.6 is 12.2 Å². The van der Waals surface area contributed by atoms with Crippen LogP contribution in [0.4, 0.5) is 8.78 Å². The van der Waals surface area contributed by atoms with E-state index in [1.165, 1.54) is 0 Å². The molecule has 2 aromatic heterocycles. The molecule has 0 atom stereocenters. The van der Waals surface area contributed by atoms with E-state index in [4.69, 9.17) is 16.6 Å². The van der Waals surface area contributed by atoms with Gasteiger partial charge in [0.2, 0.25) is 0 Å². The number of hydrogen-bond donors (Lipinski definition) is 0. The number of halogens is 2. The molecule has 2 heterocycles. The number of alkyl halides is 2. The van der Waals surface area contributed by atoms with Crippen LogP contribution in [0.3, 0.4) is 0 Å². The summed E-state index contributed by atoms with van der Waals surface area (Å²) in [6, 6.07) is 14.4. The van der Waals surface area contributed by atoms with Gasteiger partial charge in [-0.3, -0.25) is 14.0 Å². The minimum atomic E-state index is -2.65. The number of fused-ring (bicyclic) bond motifs is 2. The van der Waals surface area contributed by atoms with Gasteiger partial charge in [0.1, 0.15) is 5.82 Å². The van der Waals surface area contributed by atoms with Crippen molar-refractivity contribution in [1.29, 1.82) is 0 Å². The van der Waals surface area contributed by atoms with E-state index in [-0.39, 0.29) is 6.54 Å². The number of benzene rings is 2. The van der Waals surface area contributed by atoms with Crippen LogP contribution < -0.4 is 0 Å². The first-order valence-corrected chi connectivity index (χ1v) is 8.46. The molecule has 0 bridgehead atoms. The molecule has 5 nitrogen and oxygen atoms in total. The monoisotopic (exact) mass is 374 g/mol. The van der Waals surface area contributed by atoms with E-state index < -0.39 is 6.55 Å². The normalized spacial score (nSPS) is 12.0. The predicted molar refractivity (Wildman–Crippen MR) is 97.5 cm³/mol. The van der Waals surface area contributed by atoms with Crippen LogP contribution in [0.1, 0.15) is 12.4 Å². The predicted octanol–water partition coefficient (Wildman–Crippen LogP) is 4.80. The van der Waals surface area contributed by atoms with Gasteiger partial charge in [-0.05, 0) is 43.5 Å². The standard InChI is InChI=1S/C18H16F2N4OS/c1-22(11-23-14-8-4-5-9-15(14)25-18(23)26)10-16-21-12-6-2-3-7-13(12)24(16)17(19)20/h2-9,17H,10-11H2,1H3. The summed E-state index contributed by atoms with van der Waals surface area (Å²) in [7, 11) is 1.83. The van der Waals surface area contributed by atoms with Crippen molar-refractivity contribution in [3.63, 3.8) is 0 Å². The van der Waals surface area contributed by atoms with Gasteiger partial charge in [-0.15, -0.1) is 0 Å². The smallest absolute Gasteiger partial charge is 0.320 e. The lowest BCUT2D eigenvalue weighted by molar-refractivity contribution is 0.0682. The highest BCUT2D eigenvalue weighted by Crippen LogP contribution is 2.24. The lowest BCUT2D eigenvalue weighted by atomic mass is 10.3. The highest BCUT2D eigenvalue weighted by atomic mass is 32.1. The van der Waals surface area contributed by atoms with Gasteiger partial charge in [0, 0.05) is 0 Å². The molecule has 0 aliphatic heterocycles. The maximum absolute atomic E-state index is 13.6. The summed E-state index contributed by atoms with van der Waals surface area (Å²) in [5.41, 5.74) is 2.55. The van der Waals surface area contributed by atoms with Gasteiger partial charge in [-0.2, -0.15) is 8.78 Å². The molecule has 4 aromatic rings. The summed E-state index contributed by atoms with van der Waals surface area (Å²) < 4.78 is 35.5. The van der Waals surface area contributed by atoms with Gasteiger partial charge in [0.05, 0.1) is 29.8 Å². The molecule has 8 heteroatoms. The minimum Gasteiger partial charge on any atom is -0.429 e. The molecule has 0 aliphatic rings. The second-order valence-corrected chi connectivity index (χ2v) is 6.43. The maximum Gasteiger partial charge on any atom is 0.320 e. The van der Waals surface area contributed by atoms with Crippen LogP contribution in [0.2, 0.25) is 0 Å². The first-order chi connectivity index (χ1) is 12.5. The number of aromatic nitrogens is 3. The van der Waals surface area contributed by atoms with Crippen molar-refractivity contribution >= 4 is 34.4 Å². The average Bonchev–Trinajstić information content (AvgIpc) is 3.12. The van der Waals surface area contributed by atoms with Crippen LogP contribution in [0, 0.1) is 4.84 Å². The average molecular weight is 374 g/mol. The van der Waals surface area contributed by atoms with E-state index >= 15 is 0 Å². The molecule has 26 heavy (non-hydrogen) atoms. The molecule has 0 aliphatic carbocycles. The largest absolute Gasteiger partial charge is 0.429 e. The third kappa shape index (κ3) is 2.91. The quantitative estimate of drug-likeness (QED) is 0.471. The van der Waals surface area contributed by atoms with E-state index in [1.54, 1.807) is 24.3 Å². The molecular weight excluding hydrogens is 358 g/mol. The van der Waals surface area contributed by atoms with E-state index in [0.717, 1.165) is 10.1 Å². The van der Waals surface area contributed by atoms with E-state index in [9.17, 15) is 8.78 Å². The van der Waals surface area contributed by atoms with Crippen LogP contribution in [-0.2, 0) is 13.2 Å². The second-order valence-electron chi connectivity index (χ2n) is 6.08. The number of nitrogens with zero attached hydrogens (tertiary/aromatic N) is 4. The maximum atomic E-state index is 13.6. The van der Waals surface area contributed by atoms with Gasteiger partial charge in [0.15, 0.2) is 5.58 Å². The van der Waals surface area contributed by atoms with E-state index in [0.29, 0.717) is 33.9 Å². The second kappa shape index (κ2) is 6.62. The number of imidazole rings is 1. The molecule has 0 saturated carbocycles. The highest BCUT2D eigenvalue weighted by molar-refractivity contribution is 7.71. The lowest BCUT2D eigenvalue weighted by Crippen LogP contribution is -2.23. The first kappa shape index (κ1) is 16.9. The van der Waals surface area contributed by atoms with Crippen molar-refractivity contribution in [2.24, 2.45) is 0 Å². The van der Waals surface area contributed by atoms with Crippen molar-refractivity contribution in [2.75, 3.05) is 7.05 Å². The summed E-state index contributed by atoms with van der Waals surface area (Å²) in [5.74, 6) is 0.308. The van der Waals surface area contributed by atoms with E-state index in [2.05, 4.69) is 4.98 Å². The summed E-state index contributed by atoms with van der Waals surface area (Å²) in [5, 5.41) is 0. The zero-order valence-electron chi connectivity index (χ0n) is 14.0. The molecule has 4 rings (SSSR count). The first-order valence-electron chi connectivity index (χ1n) is 8.05. The Morgan fingerprint density at radius 3 is 2.58 bits per heavy atom. The molecule has 0 radical (unpaired) electrons. The van der Waals surface area contributed by atoms with Crippen LogP contribution in [0.5, 0.6) is 0 Å². The SMILES string of the molecule is CN(Cc1nc2ccccc2n1C(F)F)Cn1c(=S)oc2ccccc21. The molecule has 134 valence electrons. The topological polar surface area (TPSA) is 39.1 Å². The van der Waals surface area contributed by atoms with E-state index in [1.807, 2.05) is 40.8 Å². The van der Waals surface area contributed by atoms with Gasteiger partial charge in [0.25, 0.3) is 4.84 Å². The van der Waals surface area contributed by atoms with Crippen molar-refractivity contribution in [3.8, 4) is 0 Å². The molecule has 0 spiro atoms. The molecule has 2 aromatic carbocycles. The molecule has 0 unspecified atom stereocenters. The molecular formula is C18H16F2N4OS. The molecule has 0 amide bonds. The fraction of sp³-hybridized carbons (Fsp3) is 0.222. The Kier molecular flexibility index (Phi) is 4.29. The zero-order chi connectivity index (χ0) is 18.3. The van der Waals surface area contributed by atoms with Crippen LogP contribution in [0.15, 0.2) is 52.9 Å². The summed E-state index contributed by atoms with van der Waals surface area (Å²) in [6.07, 6.45) is 0. The van der Waals surface area contributed by atoms with Crippen molar-refractivity contribution in [3.05, 3.63) is 59.2 Å². The fourth-order valence-corrected chi connectivity index (χ4v) is 3.35. The Bertz CT molecular complexity index is 1130. The number of rotatable bonds is 5. The Labute approximate surface area is 153 Å². The van der Waals surface area contributed by atoms with Crippen molar-refractivity contribution in [2.45, 2.75) is 19.8 Å². The Morgan fingerprint density at radius 1 is 1.12 bits per heavy atom. The number of para-hydroxylation sites is 4. The summed E-state index contributed by atoms with van der Waals surface area (Å²) in [4.78, 5) is 6.59. The summed E-state index contributed by atoms with van der Waals surface area (Å²) >= 11 is 5.28. The van der Waals surface area contributed by atoms with Crippen molar-refractivity contribution in [1.82, 2.24) is 19.0 Å². The fourth-order valence-electron chi connectivity index (χ4n) is 3.10. The Hall–Kier alpha value is -2.58.